The first kappa shape index (κ1) is 14.1. The molecule has 0 radical (unpaired) electrons. The zero-order chi connectivity index (χ0) is 13.8. The van der Waals surface area contributed by atoms with Gasteiger partial charge in [0.1, 0.15) is 0 Å². The van der Waals surface area contributed by atoms with Gasteiger partial charge in [0.15, 0.2) is 0 Å². The largest absolute Gasteiger partial charge is 0.326 e. The van der Waals surface area contributed by atoms with Crippen molar-refractivity contribution in [3.63, 3.8) is 0 Å². The number of amides is 1. The molecule has 1 aliphatic heterocycles. The third-order valence-electron chi connectivity index (χ3n) is 3.82. The number of anilines is 1. The van der Waals surface area contributed by atoms with Gasteiger partial charge in [0, 0.05) is 17.6 Å². The molecule has 0 bridgehead atoms. The molecule has 1 fully saturated rings. The van der Waals surface area contributed by atoms with Crippen molar-refractivity contribution in [1.82, 2.24) is 5.32 Å². The van der Waals surface area contributed by atoms with Crippen LogP contribution in [0, 0.1) is 5.92 Å². The van der Waals surface area contributed by atoms with Crippen LogP contribution < -0.4 is 10.6 Å². The van der Waals surface area contributed by atoms with E-state index in [0.717, 1.165) is 25.1 Å². The van der Waals surface area contributed by atoms with Gasteiger partial charge >= 0.3 is 0 Å². The second-order valence-corrected chi connectivity index (χ2v) is 5.85. The first-order valence-electron chi connectivity index (χ1n) is 7.20. The van der Waals surface area contributed by atoms with Gasteiger partial charge in [-0.2, -0.15) is 0 Å². The Morgan fingerprint density at radius 1 is 1.42 bits per heavy atom. The van der Waals surface area contributed by atoms with E-state index in [1.807, 2.05) is 12.1 Å². The van der Waals surface area contributed by atoms with Crippen LogP contribution in [0.3, 0.4) is 0 Å². The summed E-state index contributed by atoms with van der Waals surface area (Å²) >= 11 is 0. The molecule has 1 aromatic carbocycles. The first-order valence-corrected chi connectivity index (χ1v) is 7.20. The van der Waals surface area contributed by atoms with Crippen LogP contribution in [0.25, 0.3) is 0 Å². The highest BCUT2D eigenvalue weighted by Crippen LogP contribution is 2.21. The highest BCUT2D eigenvalue weighted by molar-refractivity contribution is 5.92. The van der Waals surface area contributed by atoms with Crippen molar-refractivity contribution < 1.29 is 4.79 Å². The smallest absolute Gasteiger partial charge is 0.227 e. The van der Waals surface area contributed by atoms with Crippen molar-refractivity contribution in [1.29, 1.82) is 0 Å². The zero-order valence-electron chi connectivity index (χ0n) is 12.1. The minimum Gasteiger partial charge on any atom is -0.326 e. The molecule has 19 heavy (non-hydrogen) atoms. The van der Waals surface area contributed by atoms with Crippen molar-refractivity contribution in [2.75, 3.05) is 11.9 Å². The average Bonchev–Trinajstić information content (AvgIpc) is 2.39. The molecule has 0 aromatic heterocycles. The van der Waals surface area contributed by atoms with Crippen LogP contribution in [0.2, 0.25) is 0 Å². The molecule has 2 N–H and O–H groups in total. The third-order valence-corrected chi connectivity index (χ3v) is 3.82. The molecule has 2 rings (SSSR count). The zero-order valence-corrected chi connectivity index (χ0v) is 12.1. The van der Waals surface area contributed by atoms with E-state index in [4.69, 9.17) is 0 Å². The summed E-state index contributed by atoms with van der Waals surface area (Å²) in [6.45, 7) is 7.40. The van der Waals surface area contributed by atoms with Crippen LogP contribution >= 0.6 is 0 Å². The number of carbonyl (C=O) groups excluding carboxylic acids is 1. The molecule has 104 valence electrons. The minimum absolute atomic E-state index is 0.138. The molecule has 0 unspecified atom stereocenters. The van der Waals surface area contributed by atoms with Gasteiger partial charge in [-0.3, -0.25) is 4.79 Å². The molecule has 3 heteroatoms. The summed E-state index contributed by atoms with van der Waals surface area (Å²) in [5, 5.41) is 6.44. The second-order valence-electron chi connectivity index (χ2n) is 5.85. The lowest BCUT2D eigenvalue weighted by Crippen LogP contribution is -2.40. The van der Waals surface area contributed by atoms with Gasteiger partial charge in [-0.1, -0.05) is 26.0 Å². The molecule has 1 aliphatic rings. The lowest BCUT2D eigenvalue weighted by atomic mass is 9.92. The van der Waals surface area contributed by atoms with Crippen LogP contribution in [0.5, 0.6) is 0 Å². The van der Waals surface area contributed by atoms with Crippen LogP contribution in [0.15, 0.2) is 24.3 Å². The number of benzene rings is 1. The van der Waals surface area contributed by atoms with Crippen molar-refractivity contribution in [2.24, 2.45) is 5.92 Å². The maximum absolute atomic E-state index is 12.3. The van der Waals surface area contributed by atoms with Crippen LogP contribution in [0.4, 0.5) is 5.69 Å². The van der Waals surface area contributed by atoms with E-state index in [-0.39, 0.29) is 11.8 Å². The first-order chi connectivity index (χ1) is 9.06. The number of nitrogens with one attached hydrogen (secondary N) is 2. The van der Waals surface area contributed by atoms with Gasteiger partial charge in [-0.05, 0) is 49.9 Å². The summed E-state index contributed by atoms with van der Waals surface area (Å²) in [7, 11) is 0. The summed E-state index contributed by atoms with van der Waals surface area (Å²) in [5.41, 5.74) is 2.18. The third kappa shape index (κ3) is 3.80. The van der Waals surface area contributed by atoms with Gasteiger partial charge in [0.25, 0.3) is 0 Å². The predicted octanol–water partition coefficient (Wildman–Crippen LogP) is 3.14. The maximum atomic E-state index is 12.3. The number of hydrogen-bond donors (Lipinski definition) is 2. The van der Waals surface area contributed by atoms with Crippen molar-refractivity contribution in [3.8, 4) is 0 Å². The van der Waals surface area contributed by atoms with Gasteiger partial charge < -0.3 is 10.6 Å². The van der Waals surface area contributed by atoms with E-state index in [1.54, 1.807) is 0 Å². The summed E-state index contributed by atoms with van der Waals surface area (Å²) < 4.78 is 0. The fraction of sp³-hybridized carbons (Fsp3) is 0.562. The molecular formula is C16H24N2O. The van der Waals surface area contributed by atoms with E-state index in [0.29, 0.717) is 12.0 Å². The molecule has 0 spiro atoms. The van der Waals surface area contributed by atoms with E-state index in [9.17, 15) is 4.79 Å². The lowest BCUT2D eigenvalue weighted by molar-refractivity contribution is -0.120. The van der Waals surface area contributed by atoms with Crippen molar-refractivity contribution in [3.05, 3.63) is 29.8 Å². The Labute approximate surface area is 115 Å². The summed E-state index contributed by atoms with van der Waals surface area (Å²) in [6, 6.07) is 8.59. The molecule has 3 nitrogen and oxygen atoms in total. The maximum Gasteiger partial charge on any atom is 0.227 e. The Bertz CT molecular complexity index is 442. The Balaban J connectivity index is 2.00. The number of carbonyl (C=O) groups is 1. The van der Waals surface area contributed by atoms with E-state index in [2.05, 4.69) is 43.5 Å². The quantitative estimate of drug-likeness (QED) is 0.876. The molecule has 1 heterocycles. The lowest BCUT2D eigenvalue weighted by Gasteiger charge is -2.27. The normalized spacial score (nSPS) is 23.4. The summed E-state index contributed by atoms with van der Waals surface area (Å²) in [5.74, 6) is 0.781. The van der Waals surface area contributed by atoms with E-state index >= 15 is 0 Å². The molecule has 2 atom stereocenters. The molecule has 1 aromatic rings. The second kappa shape index (κ2) is 6.20. The standard InChI is InChI=1S/C16H24N2O/c1-11(2)13-5-4-6-15(10-13)18-16(19)14-7-8-17-12(3)9-14/h4-6,10-12,14,17H,7-9H2,1-3H3,(H,18,19)/t12-,14-/m0/s1. The van der Waals surface area contributed by atoms with Gasteiger partial charge in [-0.25, -0.2) is 0 Å². The number of piperidine rings is 1. The molecular weight excluding hydrogens is 236 g/mol. The monoisotopic (exact) mass is 260 g/mol. The number of rotatable bonds is 3. The Kier molecular flexibility index (Phi) is 4.59. The summed E-state index contributed by atoms with van der Waals surface area (Å²) in [4.78, 5) is 12.3. The molecule has 1 saturated heterocycles. The molecule has 0 saturated carbocycles. The Morgan fingerprint density at radius 3 is 2.89 bits per heavy atom. The van der Waals surface area contributed by atoms with Gasteiger partial charge in [0.05, 0.1) is 0 Å². The topological polar surface area (TPSA) is 41.1 Å². The van der Waals surface area contributed by atoms with Gasteiger partial charge in [0.2, 0.25) is 5.91 Å². The highest BCUT2D eigenvalue weighted by atomic mass is 16.1. The predicted molar refractivity (Wildman–Crippen MR) is 79.3 cm³/mol. The van der Waals surface area contributed by atoms with Crippen LogP contribution in [-0.4, -0.2) is 18.5 Å². The SMILES string of the molecule is CC(C)c1cccc(NC(=O)[C@H]2CCN[C@@H](C)C2)c1. The van der Waals surface area contributed by atoms with Crippen LogP contribution in [0.1, 0.15) is 45.1 Å². The average molecular weight is 260 g/mol. The molecule has 1 amide bonds. The van der Waals surface area contributed by atoms with Crippen LogP contribution in [-0.2, 0) is 4.79 Å². The van der Waals surface area contributed by atoms with E-state index < -0.39 is 0 Å². The Hall–Kier alpha value is -1.35. The van der Waals surface area contributed by atoms with Gasteiger partial charge in [-0.15, -0.1) is 0 Å². The Morgan fingerprint density at radius 2 is 2.21 bits per heavy atom. The van der Waals surface area contributed by atoms with E-state index in [1.165, 1.54) is 5.56 Å². The fourth-order valence-electron chi connectivity index (χ4n) is 2.59. The highest BCUT2D eigenvalue weighted by Gasteiger charge is 2.24. The van der Waals surface area contributed by atoms with Crippen molar-refractivity contribution >= 4 is 11.6 Å². The fourth-order valence-corrected chi connectivity index (χ4v) is 2.59. The number of hydrogen-bond acceptors (Lipinski definition) is 2. The minimum atomic E-state index is 0.138. The van der Waals surface area contributed by atoms with Crippen molar-refractivity contribution in [2.45, 2.75) is 45.6 Å². The summed E-state index contributed by atoms with van der Waals surface area (Å²) in [6.07, 6.45) is 1.86. The molecule has 0 aliphatic carbocycles.